The lowest BCUT2D eigenvalue weighted by atomic mass is 9.88. The molecule has 7 heteroatoms. The first kappa shape index (κ1) is 16.8. The quantitative estimate of drug-likeness (QED) is 0.457. The Morgan fingerprint density at radius 3 is 2.55 bits per heavy atom. The molecule has 6 nitrogen and oxygen atoms in total. The first-order valence-corrected chi connectivity index (χ1v) is 7.25. The Balaban J connectivity index is 3.02. The van der Waals surface area contributed by atoms with Gasteiger partial charge in [0.15, 0.2) is 0 Å². The highest BCUT2D eigenvalue weighted by atomic mass is 127. The molecule has 0 bridgehead atoms. The number of carbonyl (C=O) groups is 1. The smallest absolute Gasteiger partial charge is 0.270 e. The van der Waals surface area contributed by atoms with Crippen LogP contribution in [0.2, 0.25) is 0 Å². The second kappa shape index (κ2) is 6.49. The van der Waals surface area contributed by atoms with Gasteiger partial charge in [0.05, 0.1) is 16.0 Å². The highest BCUT2D eigenvalue weighted by Crippen LogP contribution is 2.21. The van der Waals surface area contributed by atoms with Crippen LogP contribution in [0.4, 0.5) is 5.69 Å². The summed E-state index contributed by atoms with van der Waals surface area (Å²) >= 11 is 1.92. The van der Waals surface area contributed by atoms with Crippen molar-refractivity contribution in [2.24, 2.45) is 11.7 Å². The van der Waals surface area contributed by atoms with Gasteiger partial charge in [0.1, 0.15) is 0 Å². The van der Waals surface area contributed by atoms with Crippen molar-refractivity contribution in [1.29, 1.82) is 0 Å². The van der Waals surface area contributed by atoms with Crippen LogP contribution in [0.1, 0.15) is 31.1 Å². The molecule has 110 valence electrons. The molecule has 3 N–H and O–H groups in total. The van der Waals surface area contributed by atoms with Crippen molar-refractivity contribution in [3.05, 3.63) is 37.4 Å². The number of nitro groups is 1. The summed E-state index contributed by atoms with van der Waals surface area (Å²) < 4.78 is 0.539. The molecular weight excluding hydrogens is 373 g/mol. The Bertz CT molecular complexity index is 534. The lowest BCUT2D eigenvalue weighted by Gasteiger charge is -2.33. The van der Waals surface area contributed by atoms with E-state index in [9.17, 15) is 14.9 Å². The number of hydrogen-bond acceptors (Lipinski definition) is 4. The van der Waals surface area contributed by atoms with Gasteiger partial charge in [0, 0.05) is 22.2 Å². The van der Waals surface area contributed by atoms with Gasteiger partial charge in [0.25, 0.3) is 11.6 Å². The average molecular weight is 391 g/mol. The fraction of sp³-hybridized carbons (Fsp3) is 0.462. The number of hydrogen-bond donors (Lipinski definition) is 2. The molecule has 1 aromatic rings. The van der Waals surface area contributed by atoms with Gasteiger partial charge in [-0.25, -0.2) is 0 Å². The van der Waals surface area contributed by atoms with Crippen LogP contribution in [-0.4, -0.2) is 22.9 Å². The van der Waals surface area contributed by atoms with Crippen LogP contribution in [0.3, 0.4) is 0 Å². The summed E-state index contributed by atoms with van der Waals surface area (Å²) in [6.07, 6.45) is 0. The fourth-order valence-electron chi connectivity index (χ4n) is 1.56. The second-order valence-corrected chi connectivity index (χ2v) is 6.31. The van der Waals surface area contributed by atoms with Crippen molar-refractivity contribution >= 4 is 34.2 Å². The number of halogens is 1. The average Bonchev–Trinajstić information content (AvgIpc) is 2.37. The van der Waals surface area contributed by atoms with Crippen LogP contribution in [0.15, 0.2) is 18.2 Å². The number of benzene rings is 1. The maximum absolute atomic E-state index is 12.3. The molecule has 20 heavy (non-hydrogen) atoms. The number of rotatable bonds is 5. The van der Waals surface area contributed by atoms with E-state index in [2.05, 4.69) is 5.32 Å². The zero-order valence-corrected chi connectivity index (χ0v) is 13.8. The number of nitro benzene ring substituents is 1. The molecule has 0 aliphatic heterocycles. The van der Waals surface area contributed by atoms with Crippen LogP contribution in [0, 0.1) is 19.6 Å². The van der Waals surface area contributed by atoms with Crippen LogP contribution in [0.5, 0.6) is 0 Å². The molecule has 0 saturated heterocycles. The molecule has 0 fully saturated rings. The Morgan fingerprint density at radius 1 is 1.55 bits per heavy atom. The van der Waals surface area contributed by atoms with E-state index < -0.39 is 10.5 Å². The summed E-state index contributed by atoms with van der Waals surface area (Å²) in [6.45, 7) is 6.16. The highest BCUT2D eigenvalue weighted by molar-refractivity contribution is 14.1. The number of nitrogens with two attached hydrogens (primary N) is 1. The number of nitrogens with one attached hydrogen (secondary N) is 1. The van der Waals surface area contributed by atoms with E-state index in [1.165, 1.54) is 18.2 Å². The first-order chi connectivity index (χ1) is 9.21. The summed E-state index contributed by atoms with van der Waals surface area (Å²) in [4.78, 5) is 22.5. The minimum Gasteiger partial charge on any atom is -0.345 e. The van der Waals surface area contributed by atoms with Crippen molar-refractivity contribution in [2.45, 2.75) is 26.3 Å². The minimum atomic E-state index is -0.512. The molecular formula is C13H18IN3O3. The molecule has 1 amide bonds. The summed E-state index contributed by atoms with van der Waals surface area (Å²) in [5, 5.41) is 13.6. The molecule has 0 aromatic heterocycles. The van der Waals surface area contributed by atoms with Crippen LogP contribution in [-0.2, 0) is 0 Å². The van der Waals surface area contributed by atoms with Gasteiger partial charge in [-0.15, -0.1) is 0 Å². The lowest BCUT2D eigenvalue weighted by Crippen LogP contribution is -2.55. The third-order valence-electron chi connectivity index (χ3n) is 3.51. The van der Waals surface area contributed by atoms with Crippen molar-refractivity contribution < 1.29 is 9.72 Å². The summed E-state index contributed by atoms with van der Waals surface area (Å²) in [6, 6.07) is 4.17. The van der Waals surface area contributed by atoms with Crippen LogP contribution < -0.4 is 11.1 Å². The Hall–Kier alpha value is -1.22. The molecule has 1 rings (SSSR count). The number of non-ortho nitro benzene ring substituents is 1. The van der Waals surface area contributed by atoms with E-state index in [0.717, 1.165) is 0 Å². The SMILES string of the molecule is CC(C)C(C)(CN)NC(=O)c1ccc([N+](=O)[O-])cc1I. The third kappa shape index (κ3) is 3.66. The van der Waals surface area contributed by atoms with Gasteiger partial charge >= 0.3 is 0 Å². The summed E-state index contributed by atoms with van der Waals surface area (Å²) in [5.41, 5.74) is 5.60. The molecule has 0 radical (unpaired) electrons. The molecule has 0 spiro atoms. The van der Waals surface area contributed by atoms with E-state index in [1.54, 1.807) is 0 Å². The van der Waals surface area contributed by atoms with E-state index >= 15 is 0 Å². The molecule has 1 aromatic carbocycles. The minimum absolute atomic E-state index is 0.0311. The first-order valence-electron chi connectivity index (χ1n) is 6.18. The Labute approximate surface area is 131 Å². The third-order valence-corrected chi connectivity index (χ3v) is 4.40. The summed E-state index contributed by atoms with van der Waals surface area (Å²) in [5.74, 6) is -0.0990. The highest BCUT2D eigenvalue weighted by Gasteiger charge is 2.29. The molecule has 0 heterocycles. The molecule has 0 saturated carbocycles. The number of nitrogens with zero attached hydrogens (tertiary/aromatic N) is 1. The largest absolute Gasteiger partial charge is 0.345 e. The number of carbonyl (C=O) groups excluding carboxylic acids is 1. The normalized spacial score (nSPS) is 13.9. The maximum Gasteiger partial charge on any atom is 0.270 e. The van der Waals surface area contributed by atoms with E-state index in [-0.39, 0.29) is 17.5 Å². The zero-order chi connectivity index (χ0) is 15.5. The van der Waals surface area contributed by atoms with Crippen molar-refractivity contribution in [3.8, 4) is 0 Å². The Kier molecular flexibility index (Phi) is 5.46. The molecule has 1 atom stereocenters. The molecule has 0 aliphatic rings. The standard InChI is InChI=1S/C13H18IN3O3/c1-8(2)13(3,7-15)16-12(18)10-5-4-9(17(19)20)6-11(10)14/h4-6,8H,7,15H2,1-3H3,(H,16,18). The van der Waals surface area contributed by atoms with Gasteiger partial charge in [-0.2, -0.15) is 0 Å². The van der Waals surface area contributed by atoms with E-state index in [0.29, 0.717) is 15.7 Å². The van der Waals surface area contributed by atoms with Gasteiger partial charge in [-0.3, -0.25) is 14.9 Å². The van der Waals surface area contributed by atoms with E-state index in [4.69, 9.17) is 5.73 Å². The topological polar surface area (TPSA) is 98.3 Å². The summed E-state index contributed by atoms with van der Waals surface area (Å²) in [7, 11) is 0. The predicted molar refractivity (Wildman–Crippen MR) is 85.6 cm³/mol. The van der Waals surface area contributed by atoms with Crippen molar-refractivity contribution in [2.75, 3.05) is 6.54 Å². The zero-order valence-electron chi connectivity index (χ0n) is 11.6. The lowest BCUT2D eigenvalue weighted by molar-refractivity contribution is -0.384. The maximum atomic E-state index is 12.3. The van der Waals surface area contributed by atoms with Crippen molar-refractivity contribution in [3.63, 3.8) is 0 Å². The predicted octanol–water partition coefficient (Wildman–Crippen LogP) is 2.30. The van der Waals surface area contributed by atoms with Crippen LogP contribution in [0.25, 0.3) is 0 Å². The molecule has 1 unspecified atom stereocenters. The number of amides is 1. The van der Waals surface area contributed by atoms with Crippen LogP contribution >= 0.6 is 22.6 Å². The second-order valence-electron chi connectivity index (χ2n) is 5.15. The van der Waals surface area contributed by atoms with E-state index in [1.807, 2.05) is 43.4 Å². The molecule has 0 aliphatic carbocycles. The van der Waals surface area contributed by atoms with Gasteiger partial charge < -0.3 is 11.1 Å². The van der Waals surface area contributed by atoms with Crippen molar-refractivity contribution in [1.82, 2.24) is 5.32 Å². The van der Waals surface area contributed by atoms with Gasteiger partial charge in [0.2, 0.25) is 0 Å². The van der Waals surface area contributed by atoms with Gasteiger partial charge in [-0.1, -0.05) is 13.8 Å². The fourth-order valence-corrected chi connectivity index (χ4v) is 2.30. The Morgan fingerprint density at radius 2 is 2.15 bits per heavy atom. The van der Waals surface area contributed by atoms with Gasteiger partial charge in [-0.05, 0) is 41.5 Å². The monoisotopic (exact) mass is 391 g/mol.